The molecule has 0 bridgehead atoms. The second-order valence-corrected chi connectivity index (χ2v) is 7.35. The molecule has 2 saturated heterocycles. The molecule has 1 aliphatic carbocycles. The molecule has 3 aliphatic rings. The summed E-state index contributed by atoms with van der Waals surface area (Å²) >= 11 is 0. The average Bonchev–Trinajstić information content (AvgIpc) is 3.21. The standard InChI is InChI=1S/C17H33N3/c1-3-9-19-10-6-15(7-11-19)14(2)18-16-8-12-20(13-16)17-4-5-17/h14-18H,3-13H2,1-2H3. The Kier molecular flexibility index (Phi) is 5.00. The normalized spacial score (nSPS) is 31.8. The third kappa shape index (κ3) is 3.75. The Morgan fingerprint density at radius 3 is 2.45 bits per heavy atom. The monoisotopic (exact) mass is 279 g/mol. The number of hydrogen-bond acceptors (Lipinski definition) is 3. The number of piperidine rings is 1. The Morgan fingerprint density at radius 2 is 1.80 bits per heavy atom. The van der Waals surface area contributed by atoms with Crippen LogP contribution < -0.4 is 5.32 Å². The highest BCUT2D eigenvalue weighted by Gasteiger charge is 2.35. The fraction of sp³-hybridized carbons (Fsp3) is 1.00. The van der Waals surface area contributed by atoms with E-state index < -0.39 is 0 Å². The molecule has 0 aromatic carbocycles. The first-order valence-corrected chi connectivity index (χ1v) is 8.98. The highest BCUT2D eigenvalue weighted by molar-refractivity contribution is 4.93. The van der Waals surface area contributed by atoms with Crippen LogP contribution in [0.15, 0.2) is 0 Å². The van der Waals surface area contributed by atoms with Gasteiger partial charge in [0.25, 0.3) is 0 Å². The predicted octanol–water partition coefficient (Wildman–Crippen LogP) is 2.32. The van der Waals surface area contributed by atoms with E-state index in [-0.39, 0.29) is 0 Å². The van der Waals surface area contributed by atoms with Crippen molar-refractivity contribution in [2.24, 2.45) is 5.92 Å². The fourth-order valence-electron chi connectivity index (χ4n) is 4.20. The number of nitrogens with one attached hydrogen (secondary N) is 1. The van der Waals surface area contributed by atoms with Crippen molar-refractivity contribution in [1.29, 1.82) is 0 Å². The maximum Gasteiger partial charge on any atom is 0.0209 e. The first kappa shape index (κ1) is 14.8. The molecule has 116 valence electrons. The van der Waals surface area contributed by atoms with Crippen molar-refractivity contribution in [3.8, 4) is 0 Å². The first-order valence-electron chi connectivity index (χ1n) is 8.98. The molecule has 2 atom stereocenters. The maximum absolute atomic E-state index is 3.95. The van der Waals surface area contributed by atoms with Crippen LogP contribution in [-0.4, -0.2) is 60.6 Å². The molecular formula is C17H33N3. The van der Waals surface area contributed by atoms with Crippen molar-refractivity contribution >= 4 is 0 Å². The maximum atomic E-state index is 3.95. The van der Waals surface area contributed by atoms with Crippen LogP contribution in [0.4, 0.5) is 0 Å². The van der Waals surface area contributed by atoms with Crippen molar-refractivity contribution in [2.45, 2.75) is 70.5 Å². The van der Waals surface area contributed by atoms with Crippen LogP contribution in [0.2, 0.25) is 0 Å². The summed E-state index contributed by atoms with van der Waals surface area (Å²) in [6, 6.07) is 2.43. The van der Waals surface area contributed by atoms with E-state index in [1.54, 1.807) is 0 Å². The summed E-state index contributed by atoms with van der Waals surface area (Å²) < 4.78 is 0. The van der Waals surface area contributed by atoms with Crippen molar-refractivity contribution in [1.82, 2.24) is 15.1 Å². The van der Waals surface area contributed by atoms with E-state index in [0.717, 1.165) is 18.0 Å². The number of likely N-dealkylation sites (tertiary alicyclic amines) is 2. The summed E-state index contributed by atoms with van der Waals surface area (Å²) in [5.41, 5.74) is 0. The van der Waals surface area contributed by atoms with Gasteiger partial charge >= 0.3 is 0 Å². The Labute approximate surface area is 125 Å². The van der Waals surface area contributed by atoms with Crippen LogP contribution in [0.1, 0.15) is 52.4 Å². The molecule has 20 heavy (non-hydrogen) atoms. The lowest BCUT2D eigenvalue weighted by Gasteiger charge is -2.36. The Morgan fingerprint density at radius 1 is 1.05 bits per heavy atom. The lowest BCUT2D eigenvalue weighted by Crippen LogP contribution is -2.46. The molecule has 0 spiro atoms. The lowest BCUT2D eigenvalue weighted by molar-refractivity contribution is 0.158. The summed E-state index contributed by atoms with van der Waals surface area (Å²) in [5, 5.41) is 3.95. The molecule has 1 N–H and O–H groups in total. The summed E-state index contributed by atoms with van der Waals surface area (Å²) in [6.07, 6.45) is 8.38. The van der Waals surface area contributed by atoms with Crippen molar-refractivity contribution in [3.05, 3.63) is 0 Å². The topological polar surface area (TPSA) is 18.5 Å². The van der Waals surface area contributed by atoms with Gasteiger partial charge in [0.15, 0.2) is 0 Å². The van der Waals surface area contributed by atoms with Gasteiger partial charge in [-0.05, 0) is 71.0 Å². The van der Waals surface area contributed by atoms with Gasteiger partial charge in [-0.3, -0.25) is 4.90 Å². The van der Waals surface area contributed by atoms with Crippen LogP contribution in [0.25, 0.3) is 0 Å². The summed E-state index contributed by atoms with van der Waals surface area (Å²) in [7, 11) is 0. The van der Waals surface area contributed by atoms with Crippen LogP contribution in [-0.2, 0) is 0 Å². The smallest absolute Gasteiger partial charge is 0.0209 e. The Bertz CT molecular complexity index is 295. The zero-order valence-corrected chi connectivity index (χ0v) is 13.5. The van der Waals surface area contributed by atoms with E-state index in [1.807, 2.05) is 0 Å². The van der Waals surface area contributed by atoms with Gasteiger partial charge in [0.1, 0.15) is 0 Å². The molecule has 3 nitrogen and oxygen atoms in total. The zero-order chi connectivity index (χ0) is 13.9. The van der Waals surface area contributed by atoms with Gasteiger partial charge in [-0.1, -0.05) is 6.92 Å². The lowest BCUT2D eigenvalue weighted by atomic mass is 9.89. The minimum Gasteiger partial charge on any atom is -0.310 e. The SMILES string of the molecule is CCCN1CCC(C(C)NC2CCN(C3CC3)C2)CC1. The largest absolute Gasteiger partial charge is 0.310 e. The molecule has 0 aromatic heterocycles. The van der Waals surface area contributed by atoms with Gasteiger partial charge in [-0.2, -0.15) is 0 Å². The average molecular weight is 279 g/mol. The third-order valence-corrected chi connectivity index (χ3v) is 5.66. The fourth-order valence-corrected chi connectivity index (χ4v) is 4.20. The highest BCUT2D eigenvalue weighted by atomic mass is 15.2. The molecule has 3 fully saturated rings. The van der Waals surface area contributed by atoms with Crippen LogP contribution in [0.3, 0.4) is 0 Å². The van der Waals surface area contributed by atoms with Gasteiger partial charge in [0, 0.05) is 31.2 Å². The van der Waals surface area contributed by atoms with Crippen LogP contribution in [0, 0.1) is 5.92 Å². The van der Waals surface area contributed by atoms with Gasteiger partial charge in [0.2, 0.25) is 0 Å². The summed E-state index contributed by atoms with van der Waals surface area (Å²) in [6.45, 7) is 11.3. The molecule has 2 heterocycles. The second kappa shape index (κ2) is 6.76. The molecule has 2 unspecified atom stereocenters. The highest BCUT2D eigenvalue weighted by Crippen LogP contribution is 2.30. The first-order chi connectivity index (χ1) is 9.76. The van der Waals surface area contributed by atoms with E-state index in [4.69, 9.17) is 0 Å². The summed E-state index contributed by atoms with van der Waals surface area (Å²) in [4.78, 5) is 5.36. The van der Waals surface area contributed by atoms with Crippen molar-refractivity contribution in [2.75, 3.05) is 32.7 Å². The van der Waals surface area contributed by atoms with E-state index in [9.17, 15) is 0 Å². The molecule has 0 aromatic rings. The van der Waals surface area contributed by atoms with Crippen molar-refractivity contribution < 1.29 is 0 Å². The van der Waals surface area contributed by atoms with E-state index in [2.05, 4.69) is 29.0 Å². The van der Waals surface area contributed by atoms with E-state index in [0.29, 0.717) is 6.04 Å². The number of rotatable bonds is 6. The molecule has 3 heteroatoms. The second-order valence-electron chi connectivity index (χ2n) is 7.35. The summed E-state index contributed by atoms with van der Waals surface area (Å²) in [5.74, 6) is 0.901. The van der Waals surface area contributed by atoms with Crippen LogP contribution in [0.5, 0.6) is 0 Å². The molecule has 0 radical (unpaired) electrons. The molecule has 1 saturated carbocycles. The van der Waals surface area contributed by atoms with Gasteiger partial charge in [-0.15, -0.1) is 0 Å². The van der Waals surface area contributed by atoms with Crippen LogP contribution >= 0.6 is 0 Å². The van der Waals surface area contributed by atoms with E-state index >= 15 is 0 Å². The van der Waals surface area contributed by atoms with Crippen molar-refractivity contribution in [3.63, 3.8) is 0 Å². The Hall–Kier alpha value is -0.120. The number of hydrogen-bond donors (Lipinski definition) is 1. The molecule has 2 aliphatic heterocycles. The van der Waals surface area contributed by atoms with Gasteiger partial charge < -0.3 is 10.2 Å². The predicted molar refractivity (Wildman–Crippen MR) is 85.1 cm³/mol. The molecular weight excluding hydrogens is 246 g/mol. The third-order valence-electron chi connectivity index (χ3n) is 5.66. The minimum absolute atomic E-state index is 0.711. The number of nitrogens with zero attached hydrogens (tertiary/aromatic N) is 2. The van der Waals surface area contributed by atoms with Gasteiger partial charge in [0.05, 0.1) is 0 Å². The quantitative estimate of drug-likeness (QED) is 0.805. The minimum atomic E-state index is 0.711. The van der Waals surface area contributed by atoms with E-state index in [1.165, 1.54) is 71.2 Å². The van der Waals surface area contributed by atoms with Gasteiger partial charge in [-0.25, -0.2) is 0 Å². The zero-order valence-electron chi connectivity index (χ0n) is 13.5. The molecule has 3 rings (SSSR count). The molecule has 0 amide bonds. The Balaban J connectivity index is 1.38.